The van der Waals surface area contributed by atoms with Crippen LogP contribution < -0.4 is 0 Å². The fourth-order valence-corrected chi connectivity index (χ4v) is 1.43. The molecular weight excluding hydrogens is 246 g/mol. The molecule has 0 aromatic heterocycles. The van der Waals surface area contributed by atoms with Gasteiger partial charge in [0.25, 0.3) is 0 Å². The highest BCUT2D eigenvalue weighted by molar-refractivity contribution is 9.10. The Labute approximate surface area is 82.7 Å². The van der Waals surface area contributed by atoms with Gasteiger partial charge in [-0.25, -0.2) is 4.39 Å². The van der Waals surface area contributed by atoms with Crippen LogP contribution in [0.5, 0.6) is 0 Å². The second-order valence-corrected chi connectivity index (χ2v) is 3.45. The minimum atomic E-state index is -0.468. The zero-order valence-electron chi connectivity index (χ0n) is 6.20. The Morgan fingerprint density at radius 1 is 1.58 bits per heavy atom. The van der Waals surface area contributed by atoms with Crippen LogP contribution in [-0.4, -0.2) is 5.78 Å². The van der Waals surface area contributed by atoms with Gasteiger partial charge in [-0.3, -0.25) is 4.79 Å². The number of halogens is 3. The molecule has 0 saturated carbocycles. The molecule has 0 spiro atoms. The van der Waals surface area contributed by atoms with Crippen molar-refractivity contribution < 1.29 is 9.18 Å². The van der Waals surface area contributed by atoms with E-state index in [2.05, 4.69) is 15.9 Å². The molecule has 0 fully saturated rings. The number of benzene rings is 1. The lowest BCUT2D eigenvalue weighted by Gasteiger charge is -2.02. The Morgan fingerprint density at radius 3 is 2.67 bits per heavy atom. The molecule has 12 heavy (non-hydrogen) atoms. The van der Waals surface area contributed by atoms with Crippen LogP contribution in [0.4, 0.5) is 4.39 Å². The van der Waals surface area contributed by atoms with Crippen LogP contribution in [-0.2, 0) is 0 Å². The van der Waals surface area contributed by atoms with Crippen molar-refractivity contribution in [3.63, 3.8) is 0 Å². The molecule has 0 atom stereocenters. The zero-order chi connectivity index (χ0) is 9.30. The van der Waals surface area contributed by atoms with E-state index in [4.69, 9.17) is 11.6 Å². The van der Waals surface area contributed by atoms with Crippen molar-refractivity contribution in [3.05, 3.63) is 33.0 Å². The van der Waals surface area contributed by atoms with E-state index in [9.17, 15) is 9.18 Å². The van der Waals surface area contributed by atoms with E-state index < -0.39 is 5.82 Å². The summed E-state index contributed by atoms with van der Waals surface area (Å²) >= 11 is 8.62. The van der Waals surface area contributed by atoms with Crippen LogP contribution >= 0.6 is 27.5 Å². The Bertz CT molecular complexity index is 338. The quantitative estimate of drug-likeness (QED) is 0.552. The van der Waals surface area contributed by atoms with E-state index >= 15 is 0 Å². The van der Waals surface area contributed by atoms with Crippen LogP contribution in [0, 0.1) is 5.82 Å². The van der Waals surface area contributed by atoms with E-state index in [1.807, 2.05) is 0 Å². The predicted molar refractivity (Wildman–Crippen MR) is 49.1 cm³/mol. The first kappa shape index (κ1) is 9.68. The number of rotatable bonds is 1. The summed E-state index contributed by atoms with van der Waals surface area (Å²) in [6, 6.07) is 2.57. The molecule has 0 aliphatic heterocycles. The van der Waals surface area contributed by atoms with Gasteiger partial charge >= 0.3 is 0 Å². The molecule has 0 aliphatic rings. The van der Waals surface area contributed by atoms with Crippen LogP contribution in [0.1, 0.15) is 17.3 Å². The SMILES string of the molecule is CC(=O)c1ccc(F)c(Br)c1Cl. The molecule has 0 unspecified atom stereocenters. The lowest BCUT2D eigenvalue weighted by Crippen LogP contribution is -1.94. The molecular formula is C8H5BrClFO. The molecule has 0 radical (unpaired) electrons. The second kappa shape index (κ2) is 3.54. The molecule has 0 heterocycles. The Morgan fingerprint density at radius 2 is 2.17 bits per heavy atom. The van der Waals surface area contributed by atoms with Gasteiger partial charge in [0.2, 0.25) is 0 Å². The van der Waals surface area contributed by atoms with Crippen molar-refractivity contribution in [2.45, 2.75) is 6.92 Å². The third kappa shape index (κ3) is 1.67. The first-order chi connectivity index (χ1) is 5.54. The van der Waals surface area contributed by atoms with E-state index in [0.717, 1.165) is 0 Å². The van der Waals surface area contributed by atoms with Crippen molar-refractivity contribution >= 4 is 33.3 Å². The number of carbonyl (C=O) groups is 1. The smallest absolute Gasteiger partial charge is 0.161 e. The topological polar surface area (TPSA) is 17.1 Å². The monoisotopic (exact) mass is 250 g/mol. The number of Topliss-reactive ketones (excluding diaryl/α,β-unsaturated/α-hetero) is 1. The summed E-state index contributed by atoms with van der Waals surface area (Å²) in [6.45, 7) is 1.38. The summed E-state index contributed by atoms with van der Waals surface area (Å²) in [7, 11) is 0. The Hall–Kier alpha value is -0.410. The predicted octanol–water partition coefficient (Wildman–Crippen LogP) is 3.44. The zero-order valence-corrected chi connectivity index (χ0v) is 8.54. The van der Waals surface area contributed by atoms with Gasteiger partial charge in [-0.2, -0.15) is 0 Å². The molecule has 0 aliphatic carbocycles. The van der Waals surface area contributed by atoms with Gasteiger partial charge in [-0.1, -0.05) is 11.6 Å². The van der Waals surface area contributed by atoms with E-state index in [-0.39, 0.29) is 15.3 Å². The lowest BCUT2D eigenvalue weighted by molar-refractivity contribution is 0.101. The average Bonchev–Trinajstić information content (AvgIpc) is 2.00. The molecule has 0 bridgehead atoms. The van der Waals surface area contributed by atoms with Crippen LogP contribution in [0.2, 0.25) is 5.02 Å². The Balaban J connectivity index is 3.36. The fraction of sp³-hybridized carbons (Fsp3) is 0.125. The molecule has 0 saturated heterocycles. The highest BCUT2D eigenvalue weighted by Crippen LogP contribution is 2.28. The molecule has 1 rings (SSSR count). The first-order valence-electron chi connectivity index (χ1n) is 3.18. The summed E-state index contributed by atoms with van der Waals surface area (Å²) in [5.74, 6) is -0.647. The van der Waals surface area contributed by atoms with Crippen molar-refractivity contribution in [1.29, 1.82) is 0 Å². The maximum absolute atomic E-state index is 12.8. The number of hydrogen-bond acceptors (Lipinski definition) is 1. The van der Waals surface area contributed by atoms with Crippen molar-refractivity contribution in [3.8, 4) is 0 Å². The molecule has 64 valence electrons. The number of ketones is 1. The van der Waals surface area contributed by atoms with Gasteiger partial charge in [0.15, 0.2) is 5.78 Å². The number of hydrogen-bond donors (Lipinski definition) is 0. The van der Waals surface area contributed by atoms with Gasteiger partial charge < -0.3 is 0 Å². The summed E-state index contributed by atoms with van der Waals surface area (Å²) in [6.07, 6.45) is 0. The maximum Gasteiger partial charge on any atom is 0.161 e. The van der Waals surface area contributed by atoms with Gasteiger partial charge in [-0.15, -0.1) is 0 Å². The standard InChI is InChI=1S/C8H5BrClFO/c1-4(12)5-2-3-6(11)7(9)8(5)10/h2-3H,1H3. The van der Waals surface area contributed by atoms with Crippen LogP contribution in [0.15, 0.2) is 16.6 Å². The number of carbonyl (C=O) groups excluding carboxylic acids is 1. The largest absolute Gasteiger partial charge is 0.294 e. The molecule has 0 amide bonds. The van der Waals surface area contributed by atoms with Gasteiger partial charge in [-0.05, 0) is 35.0 Å². The summed E-state index contributed by atoms with van der Waals surface area (Å²) in [5.41, 5.74) is 0.324. The molecule has 1 aromatic rings. The molecule has 1 nitrogen and oxygen atoms in total. The van der Waals surface area contributed by atoms with Crippen LogP contribution in [0.3, 0.4) is 0 Å². The average molecular weight is 251 g/mol. The molecule has 0 N–H and O–H groups in total. The Kier molecular flexibility index (Phi) is 2.85. The van der Waals surface area contributed by atoms with Gasteiger partial charge in [0.1, 0.15) is 5.82 Å². The van der Waals surface area contributed by atoms with E-state index in [0.29, 0.717) is 5.56 Å². The van der Waals surface area contributed by atoms with E-state index in [1.165, 1.54) is 19.1 Å². The van der Waals surface area contributed by atoms with E-state index in [1.54, 1.807) is 0 Å². The summed E-state index contributed by atoms with van der Waals surface area (Å²) in [4.78, 5) is 10.9. The third-order valence-electron chi connectivity index (χ3n) is 1.41. The fourth-order valence-electron chi connectivity index (χ4n) is 0.798. The van der Waals surface area contributed by atoms with Crippen molar-refractivity contribution in [1.82, 2.24) is 0 Å². The first-order valence-corrected chi connectivity index (χ1v) is 4.35. The summed E-state index contributed by atoms with van der Waals surface area (Å²) < 4.78 is 12.9. The van der Waals surface area contributed by atoms with Crippen molar-refractivity contribution in [2.75, 3.05) is 0 Å². The molecule has 1 aromatic carbocycles. The minimum Gasteiger partial charge on any atom is -0.294 e. The van der Waals surface area contributed by atoms with Crippen LogP contribution in [0.25, 0.3) is 0 Å². The molecule has 4 heteroatoms. The highest BCUT2D eigenvalue weighted by atomic mass is 79.9. The summed E-state index contributed by atoms with van der Waals surface area (Å²) in [5, 5.41) is 0.127. The normalized spacial score (nSPS) is 10.0. The third-order valence-corrected chi connectivity index (χ3v) is 2.81. The highest BCUT2D eigenvalue weighted by Gasteiger charge is 2.11. The van der Waals surface area contributed by atoms with Gasteiger partial charge in [0.05, 0.1) is 9.50 Å². The van der Waals surface area contributed by atoms with Gasteiger partial charge in [0, 0.05) is 5.56 Å². The van der Waals surface area contributed by atoms with Crippen molar-refractivity contribution in [2.24, 2.45) is 0 Å². The second-order valence-electron chi connectivity index (χ2n) is 2.28. The lowest BCUT2D eigenvalue weighted by atomic mass is 10.1. The maximum atomic E-state index is 12.8. The minimum absolute atomic E-state index is 0.127.